The fourth-order valence-corrected chi connectivity index (χ4v) is 1.68. The summed E-state index contributed by atoms with van der Waals surface area (Å²) in [7, 11) is 1.31. The Bertz CT molecular complexity index is 438. The van der Waals surface area contributed by atoms with E-state index >= 15 is 0 Å². The smallest absolute Gasteiger partial charge is 0.342 e. The molecule has 0 N–H and O–H groups in total. The molecular formula is C12H14BrFO3. The second kappa shape index (κ2) is 5.04. The lowest BCUT2D eigenvalue weighted by Gasteiger charge is -2.20. The first kappa shape index (κ1) is 14.0. The summed E-state index contributed by atoms with van der Waals surface area (Å²) in [5.74, 6) is -1.33. The van der Waals surface area contributed by atoms with Crippen molar-refractivity contribution >= 4 is 21.9 Å². The number of benzene rings is 1. The molecule has 1 aromatic rings. The van der Waals surface area contributed by atoms with E-state index in [1.807, 2.05) is 0 Å². The molecule has 17 heavy (non-hydrogen) atoms. The molecule has 0 bridgehead atoms. The van der Waals surface area contributed by atoms with Crippen molar-refractivity contribution in [1.29, 1.82) is 0 Å². The third-order valence-electron chi connectivity index (χ3n) is 1.83. The van der Waals surface area contributed by atoms with Gasteiger partial charge in [-0.2, -0.15) is 0 Å². The Hall–Kier alpha value is -1.10. The largest absolute Gasteiger partial charge is 0.493 e. The predicted octanol–water partition coefficient (Wildman–Crippen LogP) is 3.55. The molecule has 0 saturated heterocycles. The van der Waals surface area contributed by atoms with Crippen LogP contribution in [0.4, 0.5) is 4.39 Å². The molecule has 1 aromatic carbocycles. The number of hydrogen-bond acceptors (Lipinski definition) is 3. The molecule has 0 radical (unpaired) electrons. The monoisotopic (exact) mass is 304 g/mol. The van der Waals surface area contributed by atoms with Crippen LogP contribution < -0.4 is 4.74 Å². The van der Waals surface area contributed by atoms with Gasteiger partial charge in [0.2, 0.25) is 0 Å². The third-order valence-corrected chi connectivity index (χ3v) is 2.29. The molecule has 0 fully saturated rings. The van der Waals surface area contributed by atoms with Crippen molar-refractivity contribution in [2.45, 2.75) is 26.4 Å². The van der Waals surface area contributed by atoms with Crippen molar-refractivity contribution in [3.63, 3.8) is 0 Å². The summed E-state index contributed by atoms with van der Waals surface area (Å²) in [6.07, 6.45) is 0. The molecule has 1 rings (SSSR count). The zero-order valence-corrected chi connectivity index (χ0v) is 11.7. The van der Waals surface area contributed by atoms with Crippen LogP contribution in [0.5, 0.6) is 5.75 Å². The zero-order valence-electron chi connectivity index (χ0n) is 10.1. The number of hydrogen-bond donors (Lipinski definition) is 0. The second-order valence-corrected chi connectivity index (χ2v) is 5.39. The Morgan fingerprint density at radius 2 is 1.94 bits per heavy atom. The first-order chi connectivity index (χ1) is 7.74. The van der Waals surface area contributed by atoms with Crippen molar-refractivity contribution in [2.75, 3.05) is 7.11 Å². The van der Waals surface area contributed by atoms with Gasteiger partial charge in [0.25, 0.3) is 0 Å². The minimum atomic E-state index is -0.638. The lowest BCUT2D eigenvalue weighted by Crippen LogP contribution is -2.24. The fraction of sp³-hybridized carbons (Fsp3) is 0.417. The molecule has 3 nitrogen and oxygen atoms in total. The Labute approximate surface area is 108 Å². The minimum absolute atomic E-state index is 0.0642. The molecule has 0 amide bonds. The van der Waals surface area contributed by atoms with E-state index in [9.17, 15) is 9.18 Å². The number of carbonyl (C=O) groups is 1. The molecular weight excluding hydrogens is 291 g/mol. The van der Waals surface area contributed by atoms with Gasteiger partial charge in [-0.05, 0) is 32.9 Å². The highest BCUT2D eigenvalue weighted by atomic mass is 79.9. The van der Waals surface area contributed by atoms with E-state index in [1.54, 1.807) is 20.8 Å². The maximum absolute atomic E-state index is 13.5. The van der Waals surface area contributed by atoms with Crippen LogP contribution in [-0.2, 0) is 4.74 Å². The van der Waals surface area contributed by atoms with Crippen molar-refractivity contribution in [3.8, 4) is 5.75 Å². The lowest BCUT2D eigenvalue weighted by atomic mass is 10.1. The van der Waals surface area contributed by atoms with Gasteiger partial charge in [0.1, 0.15) is 11.2 Å². The average molecular weight is 305 g/mol. The van der Waals surface area contributed by atoms with Gasteiger partial charge in [0, 0.05) is 4.47 Å². The van der Waals surface area contributed by atoms with Gasteiger partial charge in [0.15, 0.2) is 11.6 Å². The Balaban J connectivity index is 3.16. The number of halogens is 2. The average Bonchev–Trinajstić information content (AvgIpc) is 2.13. The molecule has 0 aliphatic heterocycles. The number of ether oxygens (including phenoxy) is 2. The van der Waals surface area contributed by atoms with Crippen molar-refractivity contribution < 1.29 is 18.7 Å². The maximum Gasteiger partial charge on any atom is 0.342 e. The van der Waals surface area contributed by atoms with Crippen LogP contribution in [0, 0.1) is 5.82 Å². The second-order valence-electron chi connectivity index (χ2n) is 4.47. The summed E-state index contributed by atoms with van der Waals surface area (Å²) in [6.45, 7) is 5.23. The van der Waals surface area contributed by atoms with Gasteiger partial charge in [-0.1, -0.05) is 15.9 Å². The van der Waals surface area contributed by atoms with Crippen LogP contribution in [0.1, 0.15) is 31.1 Å². The Morgan fingerprint density at radius 1 is 1.35 bits per heavy atom. The Morgan fingerprint density at radius 3 is 2.41 bits per heavy atom. The summed E-state index contributed by atoms with van der Waals surface area (Å²) < 4.78 is 24.0. The highest BCUT2D eigenvalue weighted by Crippen LogP contribution is 2.28. The van der Waals surface area contributed by atoms with Gasteiger partial charge in [0.05, 0.1) is 7.11 Å². The molecule has 0 heterocycles. The van der Waals surface area contributed by atoms with Crippen LogP contribution >= 0.6 is 15.9 Å². The van der Waals surface area contributed by atoms with Crippen LogP contribution in [0.25, 0.3) is 0 Å². The van der Waals surface area contributed by atoms with E-state index in [2.05, 4.69) is 15.9 Å². The first-order valence-electron chi connectivity index (χ1n) is 5.01. The van der Waals surface area contributed by atoms with Crippen LogP contribution in [0.2, 0.25) is 0 Å². The molecule has 0 atom stereocenters. The van der Waals surface area contributed by atoms with E-state index in [4.69, 9.17) is 9.47 Å². The zero-order chi connectivity index (χ0) is 13.2. The SMILES string of the molecule is COc1c(F)cc(Br)cc1C(=O)OC(C)(C)C. The van der Waals surface area contributed by atoms with E-state index in [1.165, 1.54) is 19.2 Å². The third kappa shape index (κ3) is 3.70. The lowest BCUT2D eigenvalue weighted by molar-refractivity contribution is 0.00656. The van der Waals surface area contributed by atoms with Gasteiger partial charge >= 0.3 is 5.97 Å². The summed E-state index contributed by atoms with van der Waals surface area (Å²) in [5.41, 5.74) is -0.574. The van der Waals surface area contributed by atoms with Gasteiger partial charge < -0.3 is 9.47 Å². The van der Waals surface area contributed by atoms with Crippen LogP contribution in [0.3, 0.4) is 0 Å². The molecule has 0 unspecified atom stereocenters. The number of rotatable bonds is 2. The van der Waals surface area contributed by atoms with E-state index in [-0.39, 0.29) is 11.3 Å². The summed E-state index contributed by atoms with van der Waals surface area (Å²) in [4.78, 5) is 11.9. The molecule has 0 aliphatic carbocycles. The molecule has 0 saturated carbocycles. The number of carbonyl (C=O) groups excluding carboxylic acids is 1. The molecule has 0 aliphatic rings. The van der Waals surface area contributed by atoms with Crippen LogP contribution in [0.15, 0.2) is 16.6 Å². The highest BCUT2D eigenvalue weighted by Gasteiger charge is 2.23. The van der Waals surface area contributed by atoms with Gasteiger partial charge in [-0.3, -0.25) is 0 Å². The Kier molecular flexibility index (Phi) is 4.14. The highest BCUT2D eigenvalue weighted by molar-refractivity contribution is 9.10. The molecule has 0 aromatic heterocycles. The van der Waals surface area contributed by atoms with Gasteiger partial charge in [-0.15, -0.1) is 0 Å². The number of esters is 1. The molecule has 94 valence electrons. The van der Waals surface area contributed by atoms with E-state index < -0.39 is 17.4 Å². The first-order valence-corrected chi connectivity index (χ1v) is 5.80. The predicted molar refractivity (Wildman–Crippen MR) is 65.8 cm³/mol. The van der Waals surface area contributed by atoms with Crippen molar-refractivity contribution in [2.24, 2.45) is 0 Å². The minimum Gasteiger partial charge on any atom is -0.493 e. The molecule has 0 spiro atoms. The van der Waals surface area contributed by atoms with E-state index in [0.717, 1.165) is 0 Å². The van der Waals surface area contributed by atoms with Crippen molar-refractivity contribution in [1.82, 2.24) is 0 Å². The standard InChI is InChI=1S/C12H14BrFO3/c1-12(2,3)17-11(15)8-5-7(13)6-9(14)10(8)16-4/h5-6H,1-4H3. The summed E-state index contributed by atoms with van der Waals surface area (Å²) >= 11 is 3.12. The normalized spacial score (nSPS) is 11.2. The number of methoxy groups -OCH3 is 1. The topological polar surface area (TPSA) is 35.5 Å². The maximum atomic E-state index is 13.5. The fourth-order valence-electron chi connectivity index (χ4n) is 1.25. The summed E-state index contributed by atoms with van der Waals surface area (Å²) in [6, 6.07) is 2.70. The summed E-state index contributed by atoms with van der Waals surface area (Å²) in [5, 5.41) is 0. The van der Waals surface area contributed by atoms with E-state index in [0.29, 0.717) is 4.47 Å². The molecule has 5 heteroatoms. The van der Waals surface area contributed by atoms with Crippen molar-refractivity contribution in [3.05, 3.63) is 28.0 Å². The van der Waals surface area contributed by atoms with Gasteiger partial charge in [-0.25, -0.2) is 9.18 Å². The quantitative estimate of drug-likeness (QED) is 0.784. The van der Waals surface area contributed by atoms with Crippen LogP contribution in [-0.4, -0.2) is 18.7 Å².